The number of carbonyl (C=O) groups is 1. The molecule has 1 atom stereocenters. The molecule has 3 rings (SSSR count). The molecule has 5 heteroatoms. The van der Waals surface area contributed by atoms with Crippen molar-refractivity contribution in [2.45, 2.75) is 26.9 Å². The van der Waals surface area contributed by atoms with E-state index in [1.807, 2.05) is 40.9 Å². The molecule has 0 radical (unpaired) electrons. The number of hydrogen-bond donors (Lipinski definition) is 1. The van der Waals surface area contributed by atoms with Crippen LogP contribution in [0.25, 0.3) is 11.3 Å². The SMILES string of the molecule is Cc1cccc(-c2nn(Cc3ccccc3)cc2CN(C)CC(C)C(=O)O)c1. The fraction of sp³-hybridized carbons (Fsp3) is 0.304. The lowest BCUT2D eigenvalue weighted by atomic mass is 10.1. The number of nitrogens with zero attached hydrogens (tertiary/aromatic N) is 3. The van der Waals surface area contributed by atoms with E-state index < -0.39 is 11.9 Å². The van der Waals surface area contributed by atoms with Gasteiger partial charge in [0.15, 0.2) is 0 Å². The summed E-state index contributed by atoms with van der Waals surface area (Å²) < 4.78 is 1.97. The molecule has 0 bridgehead atoms. The number of rotatable bonds is 8. The van der Waals surface area contributed by atoms with Gasteiger partial charge in [0.2, 0.25) is 0 Å². The van der Waals surface area contributed by atoms with Crippen LogP contribution in [0.15, 0.2) is 60.8 Å². The summed E-state index contributed by atoms with van der Waals surface area (Å²) in [6.07, 6.45) is 2.08. The van der Waals surface area contributed by atoms with Crippen molar-refractivity contribution >= 4 is 5.97 Å². The van der Waals surface area contributed by atoms with E-state index in [0.29, 0.717) is 19.6 Å². The minimum atomic E-state index is -0.773. The second-order valence-corrected chi connectivity index (χ2v) is 7.49. The lowest BCUT2D eigenvalue weighted by Gasteiger charge is -2.18. The van der Waals surface area contributed by atoms with Crippen LogP contribution < -0.4 is 0 Å². The van der Waals surface area contributed by atoms with Crippen molar-refractivity contribution in [3.8, 4) is 11.3 Å². The molecule has 1 N–H and O–H groups in total. The van der Waals surface area contributed by atoms with Crippen LogP contribution in [0.1, 0.15) is 23.6 Å². The van der Waals surface area contributed by atoms with Crippen LogP contribution in [0, 0.1) is 12.8 Å². The summed E-state index contributed by atoms with van der Waals surface area (Å²) in [5.74, 6) is -1.18. The van der Waals surface area contributed by atoms with Crippen LogP contribution in [0.3, 0.4) is 0 Å². The van der Waals surface area contributed by atoms with E-state index in [4.69, 9.17) is 5.10 Å². The average molecular weight is 377 g/mol. The predicted octanol–water partition coefficient (Wildman–Crippen LogP) is 4.06. The molecular formula is C23H27N3O2. The first-order valence-electron chi connectivity index (χ1n) is 9.51. The van der Waals surface area contributed by atoms with E-state index in [1.165, 1.54) is 11.1 Å². The zero-order chi connectivity index (χ0) is 20.1. The highest BCUT2D eigenvalue weighted by atomic mass is 16.4. The van der Waals surface area contributed by atoms with E-state index in [9.17, 15) is 9.90 Å². The maximum atomic E-state index is 11.2. The summed E-state index contributed by atoms with van der Waals surface area (Å²) >= 11 is 0. The lowest BCUT2D eigenvalue weighted by Crippen LogP contribution is -2.28. The fourth-order valence-electron chi connectivity index (χ4n) is 3.37. The van der Waals surface area contributed by atoms with Crippen LogP contribution in [0.4, 0.5) is 0 Å². The Morgan fingerprint density at radius 1 is 1.18 bits per heavy atom. The standard InChI is InChI=1S/C23H27N3O2/c1-17-8-7-11-20(12-17)22-21(15-25(3)13-18(2)23(27)28)16-26(24-22)14-19-9-5-4-6-10-19/h4-12,16,18H,13-15H2,1-3H3,(H,27,28). The molecule has 0 fully saturated rings. The molecule has 0 saturated heterocycles. The number of benzene rings is 2. The summed E-state index contributed by atoms with van der Waals surface area (Å²) in [5, 5.41) is 14.0. The van der Waals surface area contributed by atoms with Gasteiger partial charge < -0.3 is 10.0 Å². The van der Waals surface area contributed by atoms with Crippen molar-refractivity contribution in [2.24, 2.45) is 5.92 Å². The normalized spacial score (nSPS) is 12.3. The molecule has 1 heterocycles. The Hall–Kier alpha value is -2.92. The summed E-state index contributed by atoms with van der Waals surface area (Å²) in [5.41, 5.74) is 5.52. The first-order valence-corrected chi connectivity index (χ1v) is 9.51. The smallest absolute Gasteiger partial charge is 0.307 e. The van der Waals surface area contributed by atoms with E-state index in [-0.39, 0.29) is 0 Å². The van der Waals surface area contributed by atoms with E-state index in [1.54, 1.807) is 6.92 Å². The molecule has 1 aromatic heterocycles. The Balaban J connectivity index is 1.88. The van der Waals surface area contributed by atoms with Gasteiger partial charge in [-0.15, -0.1) is 0 Å². The van der Waals surface area contributed by atoms with Gasteiger partial charge in [-0.25, -0.2) is 0 Å². The number of aromatic nitrogens is 2. The molecule has 0 amide bonds. The van der Waals surface area contributed by atoms with Gasteiger partial charge in [0.25, 0.3) is 0 Å². The van der Waals surface area contributed by atoms with Crippen molar-refractivity contribution in [1.82, 2.24) is 14.7 Å². The molecule has 2 aromatic carbocycles. The number of hydrogen-bond acceptors (Lipinski definition) is 3. The van der Waals surface area contributed by atoms with Gasteiger partial charge in [-0.3, -0.25) is 9.48 Å². The molecule has 146 valence electrons. The molecule has 5 nitrogen and oxygen atoms in total. The lowest BCUT2D eigenvalue weighted by molar-refractivity contribution is -0.141. The molecule has 0 aliphatic heterocycles. The zero-order valence-corrected chi connectivity index (χ0v) is 16.7. The molecule has 0 aliphatic rings. The zero-order valence-electron chi connectivity index (χ0n) is 16.7. The quantitative estimate of drug-likeness (QED) is 0.643. The summed E-state index contributed by atoms with van der Waals surface area (Å²) in [6, 6.07) is 18.6. The van der Waals surface area contributed by atoms with E-state index >= 15 is 0 Å². The number of carboxylic acids is 1. The molecule has 0 aliphatic carbocycles. The molecule has 0 saturated carbocycles. The van der Waals surface area contributed by atoms with Gasteiger partial charge in [-0.2, -0.15) is 5.10 Å². The van der Waals surface area contributed by atoms with Gasteiger partial charge in [0.1, 0.15) is 0 Å². The molecule has 28 heavy (non-hydrogen) atoms. The van der Waals surface area contributed by atoms with Gasteiger partial charge in [-0.05, 0) is 25.6 Å². The Morgan fingerprint density at radius 3 is 2.61 bits per heavy atom. The average Bonchev–Trinajstić information content (AvgIpc) is 3.04. The number of aliphatic carboxylic acids is 1. The highest BCUT2D eigenvalue weighted by molar-refractivity contribution is 5.69. The minimum absolute atomic E-state index is 0.410. The number of carboxylic acid groups (broad SMARTS) is 1. The maximum absolute atomic E-state index is 11.2. The highest BCUT2D eigenvalue weighted by Gasteiger charge is 2.17. The second kappa shape index (κ2) is 8.85. The summed E-state index contributed by atoms with van der Waals surface area (Å²) in [7, 11) is 1.95. The molecule has 3 aromatic rings. The molecular weight excluding hydrogens is 350 g/mol. The second-order valence-electron chi connectivity index (χ2n) is 7.49. The monoisotopic (exact) mass is 377 g/mol. The van der Waals surface area contributed by atoms with Crippen LogP contribution in [-0.2, 0) is 17.9 Å². The fourth-order valence-corrected chi connectivity index (χ4v) is 3.37. The predicted molar refractivity (Wildman–Crippen MR) is 111 cm³/mol. The molecule has 0 spiro atoms. The Kier molecular flexibility index (Phi) is 6.26. The van der Waals surface area contributed by atoms with Crippen LogP contribution >= 0.6 is 0 Å². The van der Waals surface area contributed by atoms with E-state index in [0.717, 1.165) is 16.8 Å². The van der Waals surface area contributed by atoms with Crippen molar-refractivity contribution in [3.05, 3.63) is 77.5 Å². The van der Waals surface area contributed by atoms with Crippen molar-refractivity contribution in [1.29, 1.82) is 0 Å². The topological polar surface area (TPSA) is 58.4 Å². The third-order valence-electron chi connectivity index (χ3n) is 4.76. The number of aryl methyl sites for hydroxylation is 1. The highest BCUT2D eigenvalue weighted by Crippen LogP contribution is 2.25. The Morgan fingerprint density at radius 2 is 1.93 bits per heavy atom. The maximum Gasteiger partial charge on any atom is 0.307 e. The Labute approximate surface area is 166 Å². The van der Waals surface area contributed by atoms with Gasteiger partial charge >= 0.3 is 5.97 Å². The van der Waals surface area contributed by atoms with Crippen LogP contribution in [-0.4, -0.2) is 39.3 Å². The third kappa shape index (κ3) is 5.08. The Bertz CT molecular complexity index is 934. The van der Waals surface area contributed by atoms with Crippen LogP contribution in [0.2, 0.25) is 0 Å². The van der Waals surface area contributed by atoms with E-state index in [2.05, 4.69) is 43.5 Å². The van der Waals surface area contributed by atoms with Gasteiger partial charge in [0.05, 0.1) is 18.2 Å². The van der Waals surface area contributed by atoms with Crippen molar-refractivity contribution in [3.63, 3.8) is 0 Å². The third-order valence-corrected chi connectivity index (χ3v) is 4.76. The van der Waals surface area contributed by atoms with Crippen LogP contribution in [0.5, 0.6) is 0 Å². The minimum Gasteiger partial charge on any atom is -0.481 e. The first-order chi connectivity index (χ1) is 13.4. The first kappa shape index (κ1) is 19.8. The largest absolute Gasteiger partial charge is 0.481 e. The van der Waals surface area contributed by atoms with Crippen molar-refractivity contribution in [2.75, 3.05) is 13.6 Å². The summed E-state index contributed by atoms with van der Waals surface area (Å²) in [6.45, 7) is 5.65. The molecule has 1 unspecified atom stereocenters. The summed E-state index contributed by atoms with van der Waals surface area (Å²) in [4.78, 5) is 13.2. The van der Waals surface area contributed by atoms with Crippen molar-refractivity contribution < 1.29 is 9.90 Å². The van der Waals surface area contributed by atoms with Gasteiger partial charge in [-0.1, -0.05) is 61.0 Å². The van der Waals surface area contributed by atoms with Gasteiger partial charge in [0, 0.05) is 30.4 Å².